The van der Waals surface area contributed by atoms with Gasteiger partial charge in [0.2, 0.25) is 0 Å². The van der Waals surface area contributed by atoms with Crippen LogP contribution in [0.5, 0.6) is 5.75 Å². The van der Waals surface area contributed by atoms with E-state index in [4.69, 9.17) is 9.47 Å². The number of esters is 1. The summed E-state index contributed by atoms with van der Waals surface area (Å²) in [6, 6.07) is 3.58. The minimum atomic E-state index is -0.360. The summed E-state index contributed by atoms with van der Waals surface area (Å²) in [6.45, 7) is 2.37. The molecule has 0 aliphatic rings. The lowest BCUT2D eigenvalue weighted by atomic mass is 10.4. The molecular weight excluding hydrogens is 252 g/mol. The van der Waals surface area contributed by atoms with Gasteiger partial charge in [-0.2, -0.15) is 5.10 Å². The van der Waals surface area contributed by atoms with Crippen LogP contribution in [-0.4, -0.2) is 29.0 Å². The van der Waals surface area contributed by atoms with Gasteiger partial charge in [0.1, 0.15) is 11.9 Å². The van der Waals surface area contributed by atoms with E-state index in [1.54, 1.807) is 22.3 Å². The highest BCUT2D eigenvalue weighted by atomic mass is 32.1. The van der Waals surface area contributed by atoms with Gasteiger partial charge >= 0.3 is 5.97 Å². The summed E-state index contributed by atoms with van der Waals surface area (Å²) in [5, 5.41) is 5.86. The topological polar surface area (TPSA) is 53.4 Å². The molecular formula is C12H14N2O3S. The number of methoxy groups -OCH3 is 1. The van der Waals surface area contributed by atoms with Gasteiger partial charge in [0, 0.05) is 12.4 Å². The molecule has 0 aliphatic carbocycles. The molecule has 0 unspecified atom stereocenters. The number of rotatable bonds is 5. The summed E-state index contributed by atoms with van der Waals surface area (Å²) in [4.78, 5) is 12.4. The van der Waals surface area contributed by atoms with Gasteiger partial charge in [-0.3, -0.25) is 4.68 Å². The van der Waals surface area contributed by atoms with Crippen molar-refractivity contribution in [1.29, 1.82) is 0 Å². The average Bonchev–Trinajstić information content (AvgIpc) is 2.97. The van der Waals surface area contributed by atoms with Crippen LogP contribution in [0.2, 0.25) is 0 Å². The van der Waals surface area contributed by atoms with Crippen molar-refractivity contribution < 1.29 is 14.3 Å². The van der Waals surface area contributed by atoms with E-state index in [0.717, 1.165) is 0 Å². The molecule has 18 heavy (non-hydrogen) atoms. The first-order valence-electron chi connectivity index (χ1n) is 5.50. The van der Waals surface area contributed by atoms with Crippen LogP contribution in [0.4, 0.5) is 0 Å². The zero-order valence-electron chi connectivity index (χ0n) is 10.2. The van der Waals surface area contributed by atoms with Crippen molar-refractivity contribution in [1.82, 2.24) is 9.78 Å². The largest absolute Gasteiger partial charge is 0.495 e. The van der Waals surface area contributed by atoms with E-state index >= 15 is 0 Å². The van der Waals surface area contributed by atoms with Crippen LogP contribution in [0, 0.1) is 0 Å². The molecule has 0 aliphatic heterocycles. The maximum Gasteiger partial charge on any atom is 0.352 e. The van der Waals surface area contributed by atoms with Gasteiger partial charge in [-0.1, -0.05) is 0 Å². The summed E-state index contributed by atoms with van der Waals surface area (Å²) in [6.07, 6.45) is 3.27. The second-order valence-electron chi connectivity index (χ2n) is 3.76. The second-order valence-corrected chi connectivity index (χ2v) is 4.68. The summed E-state index contributed by atoms with van der Waals surface area (Å²) in [5.74, 6) is 0.192. The normalized spacial score (nSPS) is 12.1. The Morgan fingerprint density at radius 2 is 2.44 bits per heavy atom. The summed E-state index contributed by atoms with van der Waals surface area (Å²) < 4.78 is 12.2. The zero-order chi connectivity index (χ0) is 13.0. The fourth-order valence-electron chi connectivity index (χ4n) is 1.55. The molecule has 2 aromatic heterocycles. The SMILES string of the molecule is COc1ccsc1C(=O)O[C@H](C)Cn1cccn1. The van der Waals surface area contributed by atoms with E-state index < -0.39 is 0 Å². The minimum absolute atomic E-state index is 0.246. The third-order valence-corrected chi connectivity index (χ3v) is 3.22. The molecule has 0 aromatic carbocycles. The maximum atomic E-state index is 11.9. The molecule has 0 bridgehead atoms. The van der Waals surface area contributed by atoms with Crippen LogP contribution in [0.15, 0.2) is 29.9 Å². The third kappa shape index (κ3) is 2.89. The van der Waals surface area contributed by atoms with Crippen molar-refractivity contribution in [3.63, 3.8) is 0 Å². The van der Waals surface area contributed by atoms with Crippen molar-refractivity contribution in [2.24, 2.45) is 0 Å². The number of nitrogens with zero attached hydrogens (tertiary/aromatic N) is 2. The zero-order valence-corrected chi connectivity index (χ0v) is 11.0. The molecule has 6 heteroatoms. The van der Waals surface area contributed by atoms with Crippen LogP contribution in [0.3, 0.4) is 0 Å². The van der Waals surface area contributed by atoms with Gasteiger partial charge in [0.25, 0.3) is 0 Å². The van der Waals surface area contributed by atoms with Crippen LogP contribution in [0.1, 0.15) is 16.6 Å². The van der Waals surface area contributed by atoms with Crippen LogP contribution in [0.25, 0.3) is 0 Å². The third-order valence-electron chi connectivity index (χ3n) is 2.35. The monoisotopic (exact) mass is 266 g/mol. The Labute approximate surface area is 109 Å². The number of hydrogen-bond donors (Lipinski definition) is 0. The first kappa shape index (κ1) is 12.6. The Morgan fingerprint density at radius 1 is 1.61 bits per heavy atom. The lowest BCUT2D eigenvalue weighted by Crippen LogP contribution is -2.20. The lowest BCUT2D eigenvalue weighted by Gasteiger charge is -2.13. The fraction of sp³-hybridized carbons (Fsp3) is 0.333. The molecule has 2 rings (SSSR count). The Balaban J connectivity index is 1.95. The van der Waals surface area contributed by atoms with Crippen molar-refractivity contribution in [2.75, 3.05) is 7.11 Å². The van der Waals surface area contributed by atoms with E-state index in [0.29, 0.717) is 17.2 Å². The average molecular weight is 266 g/mol. The van der Waals surface area contributed by atoms with Gasteiger partial charge < -0.3 is 9.47 Å². The van der Waals surface area contributed by atoms with Gasteiger partial charge in [0.05, 0.1) is 13.7 Å². The number of aromatic nitrogens is 2. The first-order chi connectivity index (χ1) is 8.70. The molecule has 5 nitrogen and oxygen atoms in total. The Morgan fingerprint density at radius 3 is 3.11 bits per heavy atom. The number of carbonyl (C=O) groups excluding carboxylic acids is 1. The predicted octanol–water partition coefficient (Wildman–Crippen LogP) is 2.20. The smallest absolute Gasteiger partial charge is 0.352 e. The summed E-state index contributed by atoms with van der Waals surface area (Å²) in [5.41, 5.74) is 0. The molecule has 0 radical (unpaired) electrons. The quantitative estimate of drug-likeness (QED) is 0.778. The molecule has 2 heterocycles. The first-order valence-corrected chi connectivity index (χ1v) is 6.38. The molecule has 1 atom stereocenters. The van der Waals surface area contributed by atoms with Crippen molar-refractivity contribution in [3.8, 4) is 5.75 Å². The number of carbonyl (C=O) groups is 1. The second kappa shape index (κ2) is 5.68. The highest BCUT2D eigenvalue weighted by molar-refractivity contribution is 7.12. The van der Waals surface area contributed by atoms with Crippen molar-refractivity contribution in [2.45, 2.75) is 19.6 Å². The highest BCUT2D eigenvalue weighted by Gasteiger charge is 2.18. The Bertz CT molecular complexity index is 507. The van der Waals surface area contributed by atoms with E-state index in [1.807, 2.05) is 19.2 Å². The number of ether oxygens (including phenoxy) is 2. The number of thiophene rings is 1. The summed E-state index contributed by atoms with van der Waals surface area (Å²) >= 11 is 1.31. The maximum absolute atomic E-state index is 11.9. The van der Waals surface area contributed by atoms with Crippen LogP contribution < -0.4 is 4.74 Å². The van der Waals surface area contributed by atoms with Gasteiger partial charge in [-0.15, -0.1) is 11.3 Å². The molecule has 0 saturated heterocycles. The summed E-state index contributed by atoms with van der Waals surface area (Å²) in [7, 11) is 1.53. The van der Waals surface area contributed by atoms with Gasteiger partial charge in [0.15, 0.2) is 4.88 Å². The molecule has 2 aromatic rings. The van der Waals surface area contributed by atoms with Gasteiger partial charge in [-0.25, -0.2) is 4.79 Å². The molecule has 96 valence electrons. The standard InChI is InChI=1S/C12H14N2O3S/c1-9(8-14-6-3-5-13-14)17-12(15)11-10(16-2)4-7-18-11/h3-7,9H,8H2,1-2H3/t9-/m1/s1. The van der Waals surface area contributed by atoms with E-state index in [1.165, 1.54) is 18.4 Å². The van der Waals surface area contributed by atoms with E-state index in [2.05, 4.69) is 5.10 Å². The molecule has 0 fully saturated rings. The van der Waals surface area contributed by atoms with E-state index in [-0.39, 0.29) is 12.1 Å². The predicted molar refractivity (Wildman–Crippen MR) is 68.0 cm³/mol. The Hall–Kier alpha value is -1.82. The molecule has 0 N–H and O–H groups in total. The van der Waals surface area contributed by atoms with Crippen molar-refractivity contribution >= 4 is 17.3 Å². The molecule has 0 spiro atoms. The number of hydrogen-bond acceptors (Lipinski definition) is 5. The van der Waals surface area contributed by atoms with Gasteiger partial charge in [-0.05, 0) is 24.4 Å². The minimum Gasteiger partial charge on any atom is -0.495 e. The molecule has 0 amide bonds. The lowest BCUT2D eigenvalue weighted by molar-refractivity contribution is 0.0301. The van der Waals surface area contributed by atoms with Crippen molar-refractivity contribution in [3.05, 3.63) is 34.8 Å². The van der Waals surface area contributed by atoms with Crippen LogP contribution >= 0.6 is 11.3 Å². The molecule has 0 saturated carbocycles. The van der Waals surface area contributed by atoms with E-state index in [9.17, 15) is 4.79 Å². The Kier molecular flexibility index (Phi) is 3.99. The van der Waals surface area contributed by atoms with Crippen LogP contribution in [-0.2, 0) is 11.3 Å². The fourth-order valence-corrected chi connectivity index (χ4v) is 2.29. The highest BCUT2D eigenvalue weighted by Crippen LogP contribution is 2.25.